The molecule has 1 fully saturated rings. The van der Waals surface area contributed by atoms with E-state index < -0.39 is 5.97 Å². The molecule has 0 spiro atoms. The smallest absolute Gasteiger partial charge is 0.303 e. The van der Waals surface area contributed by atoms with Crippen LogP contribution in [0.3, 0.4) is 0 Å². The van der Waals surface area contributed by atoms with Crippen molar-refractivity contribution < 1.29 is 9.90 Å². The first kappa shape index (κ1) is 14.0. The van der Waals surface area contributed by atoms with Crippen molar-refractivity contribution in [2.75, 3.05) is 5.75 Å². The lowest BCUT2D eigenvalue weighted by atomic mass is 10.1. The Balaban J connectivity index is 1.83. The van der Waals surface area contributed by atoms with Crippen molar-refractivity contribution in [3.8, 4) is 0 Å². The number of halogens is 2. The van der Waals surface area contributed by atoms with Gasteiger partial charge in [0.15, 0.2) is 0 Å². The average Bonchev–Trinajstić information content (AvgIpc) is 3.00. The van der Waals surface area contributed by atoms with Crippen LogP contribution in [0, 0.1) is 5.41 Å². The number of carboxylic acid groups (broad SMARTS) is 1. The third-order valence-electron chi connectivity index (χ3n) is 3.16. The summed E-state index contributed by atoms with van der Waals surface area (Å²) in [5, 5.41) is 10.2. The number of carboxylic acids is 1. The molecule has 0 heterocycles. The van der Waals surface area contributed by atoms with E-state index in [-0.39, 0.29) is 11.8 Å². The van der Waals surface area contributed by atoms with Gasteiger partial charge in [-0.2, -0.15) is 11.8 Å². The highest BCUT2D eigenvalue weighted by atomic mass is 35.5. The van der Waals surface area contributed by atoms with Gasteiger partial charge in [0.2, 0.25) is 0 Å². The summed E-state index contributed by atoms with van der Waals surface area (Å²) in [6, 6.07) is 5.49. The van der Waals surface area contributed by atoms with Crippen molar-refractivity contribution in [3.05, 3.63) is 33.8 Å². The van der Waals surface area contributed by atoms with Crippen molar-refractivity contribution in [2.24, 2.45) is 5.41 Å². The van der Waals surface area contributed by atoms with Crippen LogP contribution in [0.2, 0.25) is 10.0 Å². The van der Waals surface area contributed by atoms with E-state index in [0.717, 1.165) is 29.9 Å². The first-order chi connectivity index (χ1) is 8.51. The van der Waals surface area contributed by atoms with Crippen LogP contribution >= 0.6 is 35.0 Å². The van der Waals surface area contributed by atoms with Crippen LogP contribution in [-0.4, -0.2) is 16.8 Å². The van der Waals surface area contributed by atoms with Gasteiger partial charge >= 0.3 is 5.97 Å². The van der Waals surface area contributed by atoms with Crippen LogP contribution < -0.4 is 0 Å². The topological polar surface area (TPSA) is 37.3 Å². The summed E-state index contributed by atoms with van der Waals surface area (Å²) in [6.45, 7) is 0. The lowest BCUT2D eigenvalue weighted by Crippen LogP contribution is -2.11. The van der Waals surface area contributed by atoms with Gasteiger partial charge in [0.25, 0.3) is 0 Å². The van der Waals surface area contributed by atoms with Crippen LogP contribution in [0.1, 0.15) is 24.8 Å². The van der Waals surface area contributed by atoms with Gasteiger partial charge in [-0.1, -0.05) is 29.3 Å². The molecule has 1 aromatic rings. The Morgan fingerprint density at radius 2 is 2.11 bits per heavy atom. The van der Waals surface area contributed by atoms with E-state index in [0.29, 0.717) is 10.0 Å². The molecule has 1 saturated carbocycles. The van der Waals surface area contributed by atoms with Crippen molar-refractivity contribution in [3.63, 3.8) is 0 Å². The number of hydrogen-bond donors (Lipinski definition) is 1. The first-order valence-electron chi connectivity index (χ1n) is 5.74. The van der Waals surface area contributed by atoms with E-state index in [1.54, 1.807) is 17.8 Å². The predicted octanol–water partition coefficient (Wildman–Crippen LogP) is 4.48. The summed E-state index contributed by atoms with van der Waals surface area (Å²) in [6.07, 6.45) is 2.34. The zero-order valence-electron chi connectivity index (χ0n) is 9.79. The van der Waals surface area contributed by atoms with Gasteiger partial charge in [-0.3, -0.25) is 4.79 Å². The number of aliphatic carboxylic acids is 1. The van der Waals surface area contributed by atoms with E-state index in [2.05, 4.69) is 0 Å². The molecule has 0 unspecified atom stereocenters. The Kier molecular flexibility index (Phi) is 4.46. The molecular formula is C13H14Cl2O2S. The number of rotatable bonds is 6. The lowest BCUT2D eigenvalue weighted by molar-refractivity contribution is -0.138. The van der Waals surface area contributed by atoms with Gasteiger partial charge in [0, 0.05) is 15.8 Å². The van der Waals surface area contributed by atoms with Crippen molar-refractivity contribution in [1.82, 2.24) is 0 Å². The summed E-state index contributed by atoms with van der Waals surface area (Å²) in [7, 11) is 0. The molecule has 98 valence electrons. The average molecular weight is 305 g/mol. The van der Waals surface area contributed by atoms with Crippen molar-refractivity contribution in [2.45, 2.75) is 25.0 Å². The zero-order chi connectivity index (χ0) is 13.2. The molecular weight excluding hydrogens is 291 g/mol. The molecule has 18 heavy (non-hydrogen) atoms. The lowest BCUT2D eigenvalue weighted by Gasteiger charge is -2.12. The largest absolute Gasteiger partial charge is 0.481 e. The Morgan fingerprint density at radius 3 is 2.67 bits per heavy atom. The summed E-state index contributed by atoms with van der Waals surface area (Å²) in [4.78, 5) is 10.7. The SMILES string of the molecule is O=C(O)CC1(CSCc2ccc(Cl)cc2Cl)CC1. The third kappa shape index (κ3) is 3.81. The highest BCUT2D eigenvalue weighted by Gasteiger charge is 2.43. The fourth-order valence-electron chi connectivity index (χ4n) is 1.89. The van der Waals surface area contributed by atoms with Crippen LogP contribution in [0.5, 0.6) is 0 Å². The Morgan fingerprint density at radius 1 is 1.39 bits per heavy atom. The summed E-state index contributed by atoms with van der Waals surface area (Å²) in [5.74, 6) is 0.993. The van der Waals surface area contributed by atoms with Crippen molar-refractivity contribution >= 4 is 40.9 Å². The minimum Gasteiger partial charge on any atom is -0.481 e. The maximum absolute atomic E-state index is 10.7. The monoisotopic (exact) mass is 304 g/mol. The predicted molar refractivity (Wildman–Crippen MR) is 76.5 cm³/mol. The van der Waals surface area contributed by atoms with Crippen LogP contribution in [-0.2, 0) is 10.5 Å². The molecule has 2 rings (SSSR count). The zero-order valence-corrected chi connectivity index (χ0v) is 12.1. The molecule has 2 nitrogen and oxygen atoms in total. The minimum atomic E-state index is -0.697. The molecule has 0 bridgehead atoms. The summed E-state index contributed by atoms with van der Waals surface area (Å²) >= 11 is 13.7. The van der Waals surface area contributed by atoms with Gasteiger partial charge in [0.05, 0.1) is 6.42 Å². The van der Waals surface area contributed by atoms with Gasteiger partial charge in [0.1, 0.15) is 0 Å². The van der Waals surface area contributed by atoms with Crippen LogP contribution in [0.15, 0.2) is 18.2 Å². The molecule has 0 aromatic heterocycles. The molecule has 0 radical (unpaired) electrons. The third-order valence-corrected chi connectivity index (χ3v) is 5.08. The molecule has 0 amide bonds. The molecule has 1 N–H and O–H groups in total. The molecule has 0 atom stereocenters. The van der Waals surface area contributed by atoms with E-state index in [1.807, 2.05) is 12.1 Å². The molecule has 1 aromatic carbocycles. The molecule has 5 heteroatoms. The van der Waals surface area contributed by atoms with Crippen LogP contribution in [0.25, 0.3) is 0 Å². The maximum atomic E-state index is 10.7. The highest BCUT2D eigenvalue weighted by molar-refractivity contribution is 7.98. The van der Waals surface area contributed by atoms with E-state index in [9.17, 15) is 4.79 Å². The van der Waals surface area contributed by atoms with E-state index >= 15 is 0 Å². The van der Waals surface area contributed by atoms with Gasteiger partial charge in [-0.05, 0) is 41.7 Å². The number of carbonyl (C=O) groups is 1. The first-order valence-corrected chi connectivity index (χ1v) is 7.65. The minimum absolute atomic E-state index is 0.0371. The fraction of sp³-hybridized carbons (Fsp3) is 0.462. The molecule has 1 aliphatic carbocycles. The quantitative estimate of drug-likeness (QED) is 0.842. The highest BCUT2D eigenvalue weighted by Crippen LogP contribution is 2.51. The van der Waals surface area contributed by atoms with Gasteiger partial charge in [-0.15, -0.1) is 0 Å². The summed E-state index contributed by atoms with van der Waals surface area (Å²) < 4.78 is 0. The van der Waals surface area contributed by atoms with Crippen LogP contribution in [0.4, 0.5) is 0 Å². The second-order valence-corrected chi connectivity index (χ2v) is 6.63. The molecule has 0 saturated heterocycles. The molecule has 0 aliphatic heterocycles. The Hall–Kier alpha value is -0.380. The van der Waals surface area contributed by atoms with E-state index in [4.69, 9.17) is 28.3 Å². The number of thioether (sulfide) groups is 1. The normalized spacial score (nSPS) is 16.6. The number of hydrogen-bond acceptors (Lipinski definition) is 2. The fourth-order valence-corrected chi connectivity index (χ4v) is 3.84. The summed E-state index contributed by atoms with van der Waals surface area (Å²) in [5.41, 5.74) is 1.09. The van der Waals surface area contributed by atoms with Gasteiger partial charge in [-0.25, -0.2) is 0 Å². The van der Waals surface area contributed by atoms with E-state index in [1.165, 1.54) is 0 Å². The molecule has 1 aliphatic rings. The van der Waals surface area contributed by atoms with Gasteiger partial charge < -0.3 is 5.11 Å². The Bertz CT molecular complexity index is 458. The second-order valence-electron chi connectivity index (χ2n) is 4.80. The number of benzene rings is 1. The van der Waals surface area contributed by atoms with Crippen molar-refractivity contribution in [1.29, 1.82) is 0 Å². The second kappa shape index (κ2) is 5.72. The standard InChI is InChI=1S/C13H14Cl2O2S/c14-10-2-1-9(11(15)5-10)7-18-8-13(3-4-13)6-12(16)17/h1-2,5H,3-4,6-8H2,(H,16,17). The Labute approximate surface area is 121 Å². The maximum Gasteiger partial charge on any atom is 0.303 e.